The van der Waals surface area contributed by atoms with Crippen molar-refractivity contribution >= 4 is 5.78 Å². The van der Waals surface area contributed by atoms with E-state index in [4.69, 9.17) is 18.9 Å². The van der Waals surface area contributed by atoms with Crippen LogP contribution in [0.1, 0.15) is 32.6 Å². The van der Waals surface area contributed by atoms with Crippen LogP contribution in [0, 0.1) is 13.8 Å². The molecule has 0 fully saturated rings. The Hall–Kier alpha value is -2.97. The maximum Gasteiger partial charge on any atom is 0.418 e. The Balaban J connectivity index is 2.84. The van der Waals surface area contributed by atoms with E-state index in [9.17, 15) is 18.0 Å². The Morgan fingerprint density at radius 1 is 0.929 bits per heavy atom. The molecule has 1 aromatic heterocycles. The fourth-order valence-corrected chi connectivity index (χ4v) is 2.97. The number of halogens is 3. The number of benzene rings is 1. The zero-order valence-corrected chi connectivity index (χ0v) is 16.3. The summed E-state index contributed by atoms with van der Waals surface area (Å²) in [6.07, 6.45) is -4.03. The number of carbonyl (C=O) groups excluding carboxylic acids is 1. The number of ketones is 1. The molecule has 0 spiro atoms. The minimum absolute atomic E-state index is 0.0303. The largest absolute Gasteiger partial charge is 0.493 e. The summed E-state index contributed by atoms with van der Waals surface area (Å²) in [7, 11) is 5.33. The molecule has 1 heterocycles. The van der Waals surface area contributed by atoms with Crippen LogP contribution in [0.2, 0.25) is 0 Å². The van der Waals surface area contributed by atoms with Gasteiger partial charge in [-0.2, -0.15) is 13.2 Å². The molecule has 152 valence electrons. The number of ether oxygens (including phenoxy) is 4. The van der Waals surface area contributed by atoms with E-state index in [1.54, 1.807) is 6.92 Å². The first-order chi connectivity index (χ1) is 13.1. The lowest BCUT2D eigenvalue weighted by Crippen LogP contribution is -2.16. The van der Waals surface area contributed by atoms with Gasteiger partial charge in [0.15, 0.2) is 11.5 Å². The average molecular weight is 399 g/mol. The zero-order valence-electron chi connectivity index (χ0n) is 16.3. The Kier molecular flexibility index (Phi) is 6.06. The van der Waals surface area contributed by atoms with E-state index in [0.717, 1.165) is 0 Å². The van der Waals surface area contributed by atoms with Crippen molar-refractivity contribution in [3.8, 4) is 23.1 Å². The molecule has 2 aromatic rings. The fourth-order valence-electron chi connectivity index (χ4n) is 2.97. The van der Waals surface area contributed by atoms with Gasteiger partial charge in [-0.05, 0) is 31.0 Å². The average Bonchev–Trinajstić information content (AvgIpc) is 2.64. The lowest BCUT2D eigenvalue weighted by atomic mass is 9.93. The van der Waals surface area contributed by atoms with Crippen molar-refractivity contribution < 1.29 is 36.9 Å². The van der Waals surface area contributed by atoms with Gasteiger partial charge in [0.2, 0.25) is 17.4 Å². The van der Waals surface area contributed by atoms with E-state index < -0.39 is 17.5 Å². The highest BCUT2D eigenvalue weighted by molar-refractivity contribution is 6.14. The van der Waals surface area contributed by atoms with Crippen molar-refractivity contribution in [3.05, 3.63) is 40.1 Å². The third-order valence-electron chi connectivity index (χ3n) is 4.28. The lowest BCUT2D eigenvalue weighted by Gasteiger charge is -2.20. The van der Waals surface area contributed by atoms with E-state index in [1.807, 2.05) is 0 Å². The molecule has 2 rings (SSSR count). The number of aromatic nitrogens is 1. The summed E-state index contributed by atoms with van der Waals surface area (Å²) in [4.78, 5) is 17.0. The third kappa shape index (κ3) is 3.56. The van der Waals surface area contributed by atoms with Crippen LogP contribution >= 0.6 is 0 Å². The van der Waals surface area contributed by atoms with Crippen molar-refractivity contribution in [2.75, 3.05) is 28.4 Å². The van der Waals surface area contributed by atoms with Crippen molar-refractivity contribution in [1.82, 2.24) is 4.98 Å². The predicted octanol–water partition coefficient (Wildman–Crippen LogP) is 3.98. The van der Waals surface area contributed by atoms with Gasteiger partial charge >= 0.3 is 6.18 Å². The Morgan fingerprint density at radius 2 is 1.54 bits per heavy atom. The number of pyridine rings is 1. The monoisotopic (exact) mass is 399 g/mol. The summed E-state index contributed by atoms with van der Waals surface area (Å²) in [6.45, 7) is 2.81. The molecular formula is C19H20F3NO5. The van der Waals surface area contributed by atoms with Gasteiger partial charge in [-0.15, -0.1) is 0 Å². The topological polar surface area (TPSA) is 66.9 Å². The van der Waals surface area contributed by atoms with Crippen LogP contribution < -0.4 is 18.9 Å². The minimum Gasteiger partial charge on any atom is -0.493 e. The molecule has 28 heavy (non-hydrogen) atoms. The van der Waals surface area contributed by atoms with Crippen LogP contribution in [0.4, 0.5) is 13.2 Å². The van der Waals surface area contributed by atoms with Crippen LogP contribution in [0.15, 0.2) is 12.3 Å². The molecule has 6 nitrogen and oxygen atoms in total. The SMILES string of the molecule is COc1cc(C)c(C(=O)c2c(OC)ncc(C(F)(F)F)c2C)c(OC)c1OC. The summed E-state index contributed by atoms with van der Waals surface area (Å²) in [6, 6.07) is 1.54. The van der Waals surface area contributed by atoms with Crippen LogP contribution in [0.5, 0.6) is 23.1 Å². The normalized spacial score (nSPS) is 11.2. The molecule has 0 aliphatic heterocycles. The molecule has 0 atom stereocenters. The fraction of sp³-hybridized carbons (Fsp3) is 0.368. The van der Waals surface area contributed by atoms with Crippen molar-refractivity contribution in [1.29, 1.82) is 0 Å². The number of methoxy groups -OCH3 is 4. The third-order valence-corrected chi connectivity index (χ3v) is 4.28. The van der Waals surface area contributed by atoms with Gasteiger partial charge in [0.05, 0.1) is 45.1 Å². The number of nitrogens with zero attached hydrogens (tertiary/aromatic N) is 1. The molecule has 9 heteroatoms. The van der Waals surface area contributed by atoms with Crippen LogP contribution in [-0.4, -0.2) is 39.2 Å². The maximum absolute atomic E-state index is 13.3. The zero-order chi connectivity index (χ0) is 21.2. The molecule has 0 amide bonds. The van der Waals surface area contributed by atoms with E-state index in [1.165, 1.54) is 41.4 Å². The number of hydrogen-bond acceptors (Lipinski definition) is 6. The van der Waals surface area contributed by atoms with E-state index >= 15 is 0 Å². The number of alkyl halides is 3. The molecular weight excluding hydrogens is 379 g/mol. The minimum atomic E-state index is -4.67. The second-order valence-corrected chi connectivity index (χ2v) is 5.85. The van der Waals surface area contributed by atoms with Gasteiger partial charge in [-0.25, -0.2) is 4.98 Å². The van der Waals surface area contributed by atoms with Gasteiger partial charge in [-0.1, -0.05) is 0 Å². The summed E-state index contributed by atoms with van der Waals surface area (Å²) >= 11 is 0. The molecule has 0 unspecified atom stereocenters. The van der Waals surface area contributed by atoms with E-state index in [-0.39, 0.29) is 34.1 Å². The van der Waals surface area contributed by atoms with Crippen LogP contribution in [-0.2, 0) is 6.18 Å². The standard InChI is InChI=1S/C19H20F3NO5/c1-9-7-12(25-3)16(26-4)17(27-5)13(9)15(24)14-10(2)11(19(20,21)22)8-23-18(14)28-6/h7-8H,1-6H3. The highest BCUT2D eigenvalue weighted by Gasteiger charge is 2.37. The van der Waals surface area contributed by atoms with Crippen molar-refractivity contribution in [2.45, 2.75) is 20.0 Å². The molecule has 0 bridgehead atoms. The second kappa shape index (κ2) is 7.95. The first kappa shape index (κ1) is 21.3. The highest BCUT2D eigenvalue weighted by atomic mass is 19.4. The van der Waals surface area contributed by atoms with E-state index in [2.05, 4.69) is 4.98 Å². The quantitative estimate of drug-likeness (QED) is 0.685. The number of carbonyl (C=O) groups is 1. The number of aryl methyl sites for hydroxylation is 1. The van der Waals surface area contributed by atoms with Crippen LogP contribution in [0.3, 0.4) is 0 Å². The number of hydrogen-bond donors (Lipinski definition) is 0. The smallest absolute Gasteiger partial charge is 0.418 e. The number of rotatable bonds is 6. The molecule has 0 saturated heterocycles. The van der Waals surface area contributed by atoms with Gasteiger partial charge < -0.3 is 18.9 Å². The summed E-state index contributed by atoms with van der Waals surface area (Å²) in [5, 5.41) is 0. The molecule has 1 aromatic carbocycles. The summed E-state index contributed by atoms with van der Waals surface area (Å²) < 4.78 is 60.9. The predicted molar refractivity (Wildman–Crippen MR) is 94.8 cm³/mol. The molecule has 0 radical (unpaired) electrons. The Labute approximate surface area is 160 Å². The van der Waals surface area contributed by atoms with E-state index in [0.29, 0.717) is 17.5 Å². The van der Waals surface area contributed by atoms with Crippen LogP contribution in [0.25, 0.3) is 0 Å². The second-order valence-electron chi connectivity index (χ2n) is 5.85. The maximum atomic E-state index is 13.3. The summed E-state index contributed by atoms with van der Waals surface area (Å²) in [5.41, 5.74) is -1.15. The van der Waals surface area contributed by atoms with Crippen molar-refractivity contribution in [2.24, 2.45) is 0 Å². The molecule has 0 N–H and O–H groups in total. The molecule has 0 aliphatic rings. The first-order valence-electron chi connectivity index (χ1n) is 8.07. The molecule has 0 aliphatic carbocycles. The summed E-state index contributed by atoms with van der Waals surface area (Å²) in [5.74, 6) is -0.437. The Bertz CT molecular complexity index is 910. The lowest BCUT2D eigenvalue weighted by molar-refractivity contribution is -0.138. The van der Waals surface area contributed by atoms with Gasteiger partial charge in [0.25, 0.3) is 0 Å². The van der Waals surface area contributed by atoms with Gasteiger partial charge in [0.1, 0.15) is 0 Å². The first-order valence-corrected chi connectivity index (χ1v) is 8.07. The van der Waals surface area contributed by atoms with Gasteiger partial charge in [0, 0.05) is 6.20 Å². The van der Waals surface area contributed by atoms with Gasteiger partial charge in [-0.3, -0.25) is 4.79 Å². The highest BCUT2D eigenvalue weighted by Crippen LogP contribution is 2.44. The molecule has 0 saturated carbocycles. The Morgan fingerprint density at radius 3 is 2.00 bits per heavy atom. The van der Waals surface area contributed by atoms with Crippen molar-refractivity contribution in [3.63, 3.8) is 0 Å².